The summed E-state index contributed by atoms with van der Waals surface area (Å²) in [6.07, 6.45) is 0.437. The number of primary amides is 2. The summed E-state index contributed by atoms with van der Waals surface area (Å²) in [5.41, 5.74) is 8.78. The quantitative estimate of drug-likeness (QED) is 0.599. The second-order valence-electron chi connectivity index (χ2n) is 4.40. The highest BCUT2D eigenvalue weighted by Gasteiger charge is 2.43. The van der Waals surface area contributed by atoms with Crippen molar-refractivity contribution in [2.75, 3.05) is 26.3 Å². The molecule has 0 spiro atoms. The van der Waals surface area contributed by atoms with Crippen LogP contribution in [0.25, 0.3) is 0 Å². The van der Waals surface area contributed by atoms with Gasteiger partial charge in [-0.3, -0.25) is 14.4 Å². The van der Waals surface area contributed by atoms with Crippen molar-refractivity contribution in [3.05, 3.63) is 0 Å². The maximum absolute atomic E-state index is 12.4. The second-order valence-corrected chi connectivity index (χ2v) is 4.40. The number of ether oxygens (including phenoxy) is 1. The fourth-order valence-electron chi connectivity index (χ4n) is 1.97. The zero-order valence-corrected chi connectivity index (χ0v) is 10.4. The molecular formula is C11H16N4O4. The summed E-state index contributed by atoms with van der Waals surface area (Å²) >= 11 is 0. The Labute approximate surface area is 110 Å². The van der Waals surface area contributed by atoms with Crippen molar-refractivity contribution in [3.63, 3.8) is 0 Å². The van der Waals surface area contributed by atoms with Gasteiger partial charge in [0, 0.05) is 13.2 Å². The van der Waals surface area contributed by atoms with Crippen molar-refractivity contribution < 1.29 is 19.1 Å². The first-order valence-electron chi connectivity index (χ1n) is 5.76. The standard InChI is InChI=1S/C11H16N4O4/c12-7-11(1-3-19-4-2-11)10(18)15(5-8(13)16)6-9(14)17/h1-6H2,(H2,13,16)(H2,14,17). The fraction of sp³-hybridized carbons (Fsp3) is 0.636. The first kappa shape index (κ1) is 14.9. The number of hydrogen-bond donors (Lipinski definition) is 2. The summed E-state index contributed by atoms with van der Waals surface area (Å²) in [6.45, 7) is -0.321. The number of carbonyl (C=O) groups excluding carboxylic acids is 3. The molecule has 0 saturated carbocycles. The van der Waals surface area contributed by atoms with Crippen LogP contribution in [-0.2, 0) is 19.1 Å². The van der Waals surface area contributed by atoms with Gasteiger partial charge in [-0.25, -0.2) is 0 Å². The third-order valence-corrected chi connectivity index (χ3v) is 2.95. The van der Waals surface area contributed by atoms with Gasteiger partial charge >= 0.3 is 0 Å². The minimum atomic E-state index is -1.27. The molecule has 0 aromatic carbocycles. The van der Waals surface area contributed by atoms with Gasteiger partial charge in [-0.15, -0.1) is 0 Å². The molecule has 104 valence electrons. The van der Waals surface area contributed by atoms with Gasteiger partial charge < -0.3 is 21.1 Å². The molecule has 1 fully saturated rings. The smallest absolute Gasteiger partial charge is 0.244 e. The molecule has 4 N–H and O–H groups in total. The van der Waals surface area contributed by atoms with Gasteiger partial charge in [-0.05, 0) is 12.8 Å². The summed E-state index contributed by atoms with van der Waals surface area (Å²) in [7, 11) is 0. The van der Waals surface area contributed by atoms with Gasteiger partial charge in [0.2, 0.25) is 17.7 Å². The highest BCUT2D eigenvalue weighted by Crippen LogP contribution is 2.31. The van der Waals surface area contributed by atoms with E-state index >= 15 is 0 Å². The lowest BCUT2D eigenvalue weighted by Crippen LogP contribution is -2.51. The van der Waals surface area contributed by atoms with Crippen LogP contribution in [0.1, 0.15) is 12.8 Å². The summed E-state index contributed by atoms with van der Waals surface area (Å²) < 4.78 is 5.11. The number of nitrogens with two attached hydrogens (primary N) is 2. The molecule has 0 atom stereocenters. The van der Waals surface area contributed by atoms with E-state index < -0.39 is 36.2 Å². The van der Waals surface area contributed by atoms with E-state index in [2.05, 4.69) is 0 Å². The Bertz CT molecular complexity index is 407. The molecule has 0 bridgehead atoms. The van der Waals surface area contributed by atoms with Gasteiger partial charge in [0.15, 0.2) is 0 Å². The van der Waals surface area contributed by atoms with E-state index in [4.69, 9.17) is 16.2 Å². The lowest BCUT2D eigenvalue weighted by molar-refractivity contribution is -0.147. The van der Waals surface area contributed by atoms with Crippen LogP contribution in [0.2, 0.25) is 0 Å². The van der Waals surface area contributed by atoms with Crippen molar-refractivity contribution in [2.24, 2.45) is 16.9 Å². The van der Waals surface area contributed by atoms with E-state index in [9.17, 15) is 19.6 Å². The molecule has 0 aliphatic carbocycles. The topological polar surface area (TPSA) is 140 Å². The average molecular weight is 268 g/mol. The fourth-order valence-corrected chi connectivity index (χ4v) is 1.97. The third kappa shape index (κ3) is 3.66. The van der Waals surface area contributed by atoms with Crippen molar-refractivity contribution in [1.82, 2.24) is 4.90 Å². The molecule has 1 aliphatic heterocycles. The molecule has 3 amide bonds. The van der Waals surface area contributed by atoms with Crippen LogP contribution >= 0.6 is 0 Å². The number of carbonyl (C=O) groups is 3. The molecule has 0 aromatic heterocycles. The van der Waals surface area contributed by atoms with Gasteiger partial charge in [0.25, 0.3) is 0 Å². The molecule has 0 aromatic rings. The minimum absolute atomic E-state index is 0.219. The molecular weight excluding hydrogens is 252 g/mol. The first-order valence-corrected chi connectivity index (χ1v) is 5.76. The average Bonchev–Trinajstić information content (AvgIpc) is 2.36. The summed E-state index contributed by atoms with van der Waals surface area (Å²) in [5, 5.41) is 9.24. The van der Waals surface area contributed by atoms with Gasteiger partial charge in [0.1, 0.15) is 5.41 Å². The van der Waals surface area contributed by atoms with Crippen molar-refractivity contribution >= 4 is 17.7 Å². The third-order valence-electron chi connectivity index (χ3n) is 2.95. The summed E-state index contributed by atoms with van der Waals surface area (Å²) in [4.78, 5) is 35.2. The van der Waals surface area contributed by atoms with Crippen LogP contribution in [0.15, 0.2) is 0 Å². The summed E-state index contributed by atoms with van der Waals surface area (Å²) in [5.74, 6) is -2.14. The number of amides is 3. The lowest BCUT2D eigenvalue weighted by Gasteiger charge is -2.33. The van der Waals surface area contributed by atoms with E-state index in [-0.39, 0.29) is 26.1 Å². The maximum Gasteiger partial charge on any atom is 0.244 e. The zero-order chi connectivity index (χ0) is 14.5. The van der Waals surface area contributed by atoms with Crippen LogP contribution in [0, 0.1) is 16.7 Å². The SMILES string of the molecule is N#CC1(C(=O)N(CC(N)=O)CC(N)=O)CCOCC1. The molecule has 0 unspecified atom stereocenters. The number of nitriles is 1. The molecule has 1 aliphatic rings. The Kier molecular flexibility index (Phi) is 4.83. The Balaban J connectivity index is 2.92. The van der Waals surface area contributed by atoms with Crippen LogP contribution in [0.3, 0.4) is 0 Å². The maximum atomic E-state index is 12.4. The monoisotopic (exact) mass is 268 g/mol. The molecule has 1 rings (SSSR count). The van der Waals surface area contributed by atoms with E-state index in [1.165, 1.54) is 0 Å². The van der Waals surface area contributed by atoms with Gasteiger partial charge in [-0.2, -0.15) is 5.26 Å². The predicted octanol–water partition coefficient (Wildman–Crippen LogP) is -1.89. The molecule has 8 nitrogen and oxygen atoms in total. The predicted molar refractivity (Wildman–Crippen MR) is 63.1 cm³/mol. The number of rotatable bonds is 5. The zero-order valence-electron chi connectivity index (χ0n) is 10.4. The molecule has 0 radical (unpaired) electrons. The van der Waals surface area contributed by atoms with Crippen LogP contribution in [-0.4, -0.2) is 48.9 Å². The molecule has 1 heterocycles. The van der Waals surface area contributed by atoms with Crippen LogP contribution in [0.5, 0.6) is 0 Å². The Hall–Kier alpha value is -2.14. The highest BCUT2D eigenvalue weighted by molar-refractivity contribution is 5.92. The van der Waals surface area contributed by atoms with Crippen molar-refractivity contribution in [2.45, 2.75) is 12.8 Å². The minimum Gasteiger partial charge on any atom is -0.381 e. The van der Waals surface area contributed by atoms with Crippen LogP contribution < -0.4 is 11.5 Å². The Morgan fingerprint density at radius 3 is 2.00 bits per heavy atom. The van der Waals surface area contributed by atoms with Gasteiger partial charge in [-0.1, -0.05) is 0 Å². The molecule has 1 saturated heterocycles. The molecule has 8 heteroatoms. The van der Waals surface area contributed by atoms with Crippen molar-refractivity contribution in [3.8, 4) is 6.07 Å². The first-order chi connectivity index (χ1) is 8.91. The van der Waals surface area contributed by atoms with E-state index in [0.717, 1.165) is 4.90 Å². The lowest BCUT2D eigenvalue weighted by atomic mass is 9.80. The number of nitrogens with zero attached hydrogens (tertiary/aromatic N) is 2. The second kappa shape index (κ2) is 6.15. The normalized spacial score (nSPS) is 17.2. The Morgan fingerprint density at radius 2 is 1.63 bits per heavy atom. The highest BCUT2D eigenvalue weighted by atomic mass is 16.5. The van der Waals surface area contributed by atoms with Crippen molar-refractivity contribution in [1.29, 1.82) is 5.26 Å². The van der Waals surface area contributed by atoms with E-state index in [0.29, 0.717) is 0 Å². The van der Waals surface area contributed by atoms with E-state index in [1.807, 2.05) is 6.07 Å². The largest absolute Gasteiger partial charge is 0.381 e. The number of hydrogen-bond acceptors (Lipinski definition) is 5. The van der Waals surface area contributed by atoms with Gasteiger partial charge in [0.05, 0.1) is 19.2 Å². The van der Waals surface area contributed by atoms with E-state index in [1.54, 1.807) is 0 Å². The molecule has 19 heavy (non-hydrogen) atoms. The summed E-state index contributed by atoms with van der Waals surface area (Å²) in [6, 6.07) is 1.97. The Morgan fingerprint density at radius 1 is 1.16 bits per heavy atom. The van der Waals surface area contributed by atoms with Crippen LogP contribution in [0.4, 0.5) is 0 Å².